The van der Waals surface area contributed by atoms with Crippen molar-refractivity contribution in [3.8, 4) is 0 Å². The fraction of sp³-hybridized carbons (Fsp3) is 0.278. The molecule has 0 spiro atoms. The van der Waals surface area contributed by atoms with Crippen LogP contribution in [0.5, 0.6) is 0 Å². The quantitative estimate of drug-likeness (QED) is 0.597. The molecule has 0 radical (unpaired) electrons. The summed E-state index contributed by atoms with van der Waals surface area (Å²) in [4.78, 5) is 10.3. The number of aliphatic carboxylic acids is 1. The smallest absolute Gasteiger partial charge is 0.303 e. The summed E-state index contributed by atoms with van der Waals surface area (Å²) in [6.07, 6.45) is 1.55. The summed E-state index contributed by atoms with van der Waals surface area (Å²) in [6, 6.07) is 12.9. The van der Waals surface area contributed by atoms with Gasteiger partial charge in [-0.1, -0.05) is 36.4 Å². The molecule has 5 nitrogen and oxygen atoms in total. The Hall–Kier alpha value is -2.25. The number of carboxylic acids is 1. The molecule has 0 saturated heterocycles. The lowest BCUT2D eigenvalue weighted by Crippen LogP contribution is -2.06. The molecule has 25 heavy (non-hydrogen) atoms. The summed E-state index contributed by atoms with van der Waals surface area (Å²) < 4.78 is 43.6. The Labute approximate surface area is 146 Å². The molecule has 2 N–H and O–H groups in total. The lowest BCUT2D eigenvalue weighted by atomic mass is 10.0. The van der Waals surface area contributed by atoms with Crippen molar-refractivity contribution in [3.05, 3.63) is 65.5 Å². The van der Waals surface area contributed by atoms with Gasteiger partial charge in [0.05, 0.1) is 4.90 Å². The molecular weight excluding hydrogens is 347 g/mol. The van der Waals surface area contributed by atoms with Crippen molar-refractivity contribution in [2.75, 3.05) is 0 Å². The number of hydrogen-bond donors (Lipinski definition) is 2. The fourth-order valence-corrected chi connectivity index (χ4v) is 3.26. The van der Waals surface area contributed by atoms with E-state index in [1.807, 2.05) is 0 Å². The van der Waals surface area contributed by atoms with Crippen LogP contribution in [0.3, 0.4) is 0 Å². The monoisotopic (exact) mass is 368 g/mol. The lowest BCUT2D eigenvalue weighted by Gasteiger charge is -2.09. The first-order chi connectivity index (χ1) is 11.7. The van der Waals surface area contributed by atoms with E-state index in [0.717, 1.165) is 0 Å². The Bertz CT molecular complexity index is 788. The van der Waals surface area contributed by atoms with Gasteiger partial charge < -0.3 is 5.11 Å². The first-order valence-electron chi connectivity index (χ1n) is 7.70. The highest BCUT2D eigenvalue weighted by Crippen LogP contribution is 2.21. The molecule has 0 amide bonds. The summed E-state index contributed by atoms with van der Waals surface area (Å²) in [5, 5.41) is 8.50. The topological polar surface area (TPSA) is 91.7 Å². The van der Waals surface area contributed by atoms with Crippen LogP contribution < -0.4 is 0 Å². The van der Waals surface area contributed by atoms with E-state index in [-0.39, 0.29) is 17.1 Å². The van der Waals surface area contributed by atoms with Crippen LogP contribution >= 0.6 is 0 Å². The zero-order chi connectivity index (χ0) is 18.9. The minimum atomic E-state index is -4.23. The number of hydrogen-bond acceptors (Lipinski definition) is 3. The second-order valence-corrected chi connectivity index (χ2v) is 6.79. The van der Waals surface area contributed by atoms with Crippen molar-refractivity contribution in [1.82, 2.24) is 0 Å². The van der Waals surface area contributed by atoms with Gasteiger partial charge in [-0.3, -0.25) is 9.35 Å². The highest BCUT2D eigenvalue weighted by Gasteiger charge is 2.17. The van der Waals surface area contributed by atoms with E-state index < -0.39 is 16.1 Å². The van der Waals surface area contributed by atoms with Crippen molar-refractivity contribution in [1.29, 1.82) is 0 Å². The number of carbonyl (C=O) groups is 1. The van der Waals surface area contributed by atoms with Gasteiger partial charge in [0.2, 0.25) is 0 Å². The Morgan fingerprint density at radius 2 is 1.68 bits per heavy atom. The molecule has 0 bridgehead atoms. The summed E-state index contributed by atoms with van der Waals surface area (Å²) in [6.45, 7) is 1.61. The molecule has 0 atom stereocenters. The van der Waals surface area contributed by atoms with E-state index >= 15 is 0 Å². The minimum absolute atomic E-state index is 0.0553. The van der Waals surface area contributed by atoms with Crippen LogP contribution in [0.1, 0.15) is 30.4 Å². The zero-order valence-corrected chi connectivity index (χ0v) is 14.7. The van der Waals surface area contributed by atoms with Gasteiger partial charge in [-0.05, 0) is 49.4 Å². The number of rotatable bonds is 6. The fourth-order valence-electron chi connectivity index (χ4n) is 2.29. The van der Waals surface area contributed by atoms with Crippen molar-refractivity contribution in [2.45, 2.75) is 37.5 Å². The van der Waals surface area contributed by atoms with Crippen LogP contribution in [0, 0.1) is 12.7 Å². The van der Waals surface area contributed by atoms with Gasteiger partial charge in [-0.25, -0.2) is 4.39 Å². The maximum Gasteiger partial charge on any atom is 0.303 e. The molecule has 0 aromatic heterocycles. The van der Waals surface area contributed by atoms with E-state index in [0.29, 0.717) is 30.4 Å². The van der Waals surface area contributed by atoms with Crippen molar-refractivity contribution in [3.63, 3.8) is 0 Å². The third kappa shape index (κ3) is 7.91. The lowest BCUT2D eigenvalue weighted by molar-refractivity contribution is -0.137. The number of benzene rings is 2. The third-order valence-corrected chi connectivity index (χ3v) is 4.47. The van der Waals surface area contributed by atoms with Crippen molar-refractivity contribution >= 4 is 16.1 Å². The number of aryl methyl sites for hydroxylation is 2. The highest BCUT2D eigenvalue weighted by molar-refractivity contribution is 7.86. The SMILES string of the molecule is Cc1cccc(CCCCC(=O)O)c1S(=O)(=O)O.Fc1ccccc1. The maximum atomic E-state index is 11.9. The first kappa shape index (κ1) is 20.8. The van der Waals surface area contributed by atoms with Gasteiger partial charge in [0.15, 0.2) is 0 Å². The van der Waals surface area contributed by atoms with E-state index in [1.165, 1.54) is 12.1 Å². The molecule has 2 rings (SSSR count). The van der Waals surface area contributed by atoms with Crippen LogP contribution in [-0.4, -0.2) is 24.0 Å². The van der Waals surface area contributed by atoms with Crippen LogP contribution in [0.15, 0.2) is 53.4 Å². The molecule has 2 aromatic rings. The summed E-state index contributed by atoms with van der Waals surface area (Å²) >= 11 is 0. The molecule has 0 aliphatic rings. The first-order valence-corrected chi connectivity index (χ1v) is 9.14. The van der Waals surface area contributed by atoms with E-state index in [9.17, 15) is 22.2 Å². The summed E-state index contributed by atoms with van der Waals surface area (Å²) in [7, 11) is -4.23. The Balaban J connectivity index is 0.000000370. The average Bonchev–Trinajstić information content (AvgIpc) is 2.51. The number of carboxylic acid groups (broad SMARTS) is 1. The molecule has 0 saturated carbocycles. The molecule has 0 aliphatic heterocycles. The Morgan fingerprint density at radius 3 is 2.16 bits per heavy atom. The van der Waals surface area contributed by atoms with Crippen molar-refractivity contribution < 1.29 is 27.3 Å². The molecule has 0 unspecified atom stereocenters. The summed E-state index contributed by atoms with van der Waals surface area (Å²) in [5.41, 5.74) is 1.02. The second-order valence-electron chi connectivity index (χ2n) is 5.43. The Morgan fingerprint density at radius 1 is 1.04 bits per heavy atom. The van der Waals surface area contributed by atoms with Gasteiger partial charge in [0.25, 0.3) is 10.1 Å². The molecule has 0 aliphatic carbocycles. The summed E-state index contributed by atoms with van der Waals surface area (Å²) in [5.74, 6) is -1.04. The van der Waals surface area contributed by atoms with E-state index in [1.54, 1.807) is 43.3 Å². The molecule has 0 fully saturated rings. The zero-order valence-electron chi connectivity index (χ0n) is 13.9. The number of unbranched alkanes of at least 4 members (excludes halogenated alkanes) is 1. The molecular formula is C18H21FO5S. The van der Waals surface area contributed by atoms with Crippen LogP contribution in [0.4, 0.5) is 4.39 Å². The van der Waals surface area contributed by atoms with E-state index in [4.69, 9.17) is 5.11 Å². The van der Waals surface area contributed by atoms with Gasteiger partial charge in [0.1, 0.15) is 5.82 Å². The highest BCUT2D eigenvalue weighted by atomic mass is 32.2. The third-order valence-electron chi connectivity index (χ3n) is 3.37. The predicted molar refractivity (Wildman–Crippen MR) is 92.6 cm³/mol. The predicted octanol–water partition coefficient (Wildman–Crippen LogP) is 3.86. The van der Waals surface area contributed by atoms with Crippen LogP contribution in [-0.2, 0) is 21.3 Å². The standard InChI is InChI=1S/C12H16O5S.C6H5F/c1-9-5-4-7-10(12(9)18(15,16)17)6-2-3-8-11(13)14;7-6-4-2-1-3-5-6/h4-5,7H,2-3,6,8H2,1H3,(H,13,14)(H,15,16,17);1-5H. The van der Waals surface area contributed by atoms with Crippen molar-refractivity contribution in [2.24, 2.45) is 0 Å². The molecule has 2 aromatic carbocycles. The maximum absolute atomic E-state index is 11.9. The normalized spacial score (nSPS) is 10.7. The minimum Gasteiger partial charge on any atom is -0.481 e. The van der Waals surface area contributed by atoms with Gasteiger partial charge in [-0.15, -0.1) is 0 Å². The second kappa shape index (κ2) is 9.90. The molecule has 136 valence electrons. The average molecular weight is 368 g/mol. The van der Waals surface area contributed by atoms with Gasteiger partial charge >= 0.3 is 5.97 Å². The number of halogens is 1. The van der Waals surface area contributed by atoms with Gasteiger partial charge in [0, 0.05) is 6.42 Å². The van der Waals surface area contributed by atoms with Crippen LogP contribution in [0.25, 0.3) is 0 Å². The largest absolute Gasteiger partial charge is 0.481 e. The molecule has 0 heterocycles. The van der Waals surface area contributed by atoms with Gasteiger partial charge in [-0.2, -0.15) is 8.42 Å². The van der Waals surface area contributed by atoms with E-state index in [2.05, 4.69) is 0 Å². The van der Waals surface area contributed by atoms with Crippen LogP contribution in [0.2, 0.25) is 0 Å². The molecule has 7 heteroatoms. The Kier molecular flexibility index (Phi) is 8.24.